The maximum absolute atomic E-state index is 9.41. The normalized spacial score (nSPS) is 13.7. The van der Waals surface area contributed by atoms with Crippen LogP contribution in [0.4, 0.5) is 0 Å². The highest BCUT2D eigenvalue weighted by Crippen LogP contribution is 2.19. The Kier molecular flexibility index (Phi) is 10.3. The summed E-state index contributed by atoms with van der Waals surface area (Å²) in [4.78, 5) is 0. The molecule has 132 valence electrons. The van der Waals surface area contributed by atoms with Crippen LogP contribution >= 0.6 is 11.6 Å². The van der Waals surface area contributed by atoms with Crippen LogP contribution in [-0.4, -0.2) is 29.7 Å². The minimum atomic E-state index is -0.574. The molecule has 1 atom stereocenters. The minimum absolute atomic E-state index is 0.0288. The van der Waals surface area contributed by atoms with Crippen LogP contribution in [0.1, 0.15) is 57.4 Å². The van der Waals surface area contributed by atoms with Crippen molar-refractivity contribution in [2.75, 3.05) is 19.1 Å². The van der Waals surface area contributed by atoms with Gasteiger partial charge in [0.1, 0.15) is 5.75 Å². The zero-order chi connectivity index (χ0) is 17.0. The van der Waals surface area contributed by atoms with Crippen molar-refractivity contribution in [1.29, 1.82) is 0 Å². The average Bonchev–Trinajstić information content (AvgIpc) is 2.57. The predicted molar refractivity (Wildman–Crippen MR) is 98.4 cm³/mol. The van der Waals surface area contributed by atoms with Crippen molar-refractivity contribution in [2.24, 2.45) is 5.73 Å². The van der Waals surface area contributed by atoms with Crippen LogP contribution in [0.2, 0.25) is 0 Å². The fraction of sp³-hybridized carbons (Fsp3) is 0.684. The Labute approximate surface area is 146 Å². The summed E-state index contributed by atoms with van der Waals surface area (Å²) in [6, 6.07) is 8.18. The first kappa shape index (κ1) is 20.3. The molecule has 0 amide bonds. The fourth-order valence-electron chi connectivity index (χ4n) is 2.51. The van der Waals surface area contributed by atoms with Gasteiger partial charge < -0.3 is 15.6 Å². The third-order valence-electron chi connectivity index (χ3n) is 4.26. The molecule has 3 N–H and O–H groups in total. The molecule has 4 heteroatoms. The second-order valence-corrected chi connectivity index (χ2v) is 6.74. The van der Waals surface area contributed by atoms with E-state index in [0.29, 0.717) is 12.3 Å². The van der Waals surface area contributed by atoms with E-state index in [2.05, 4.69) is 19.1 Å². The molecule has 0 aromatic heterocycles. The second kappa shape index (κ2) is 11.7. The zero-order valence-electron chi connectivity index (χ0n) is 14.4. The molecule has 0 saturated heterocycles. The number of hydrogen-bond donors (Lipinski definition) is 2. The van der Waals surface area contributed by atoms with E-state index in [4.69, 9.17) is 22.1 Å². The fourth-order valence-corrected chi connectivity index (χ4v) is 2.89. The molecule has 3 nitrogen and oxygen atoms in total. The number of alkyl halides is 1. The molecule has 1 aromatic rings. The molecule has 0 aliphatic carbocycles. The lowest BCUT2D eigenvalue weighted by Crippen LogP contribution is -2.44. The molecule has 0 aliphatic heterocycles. The van der Waals surface area contributed by atoms with Crippen LogP contribution in [0.25, 0.3) is 0 Å². The number of benzene rings is 1. The van der Waals surface area contributed by atoms with E-state index in [1.807, 2.05) is 12.1 Å². The van der Waals surface area contributed by atoms with Crippen molar-refractivity contribution in [3.05, 3.63) is 29.8 Å². The summed E-state index contributed by atoms with van der Waals surface area (Å²) in [5.41, 5.74) is 6.77. The standard InChI is InChI=1S/C19H32ClNO2/c1-2-3-4-5-6-15-23-18-9-7-17(8-10-18)11-12-19(21,16-22)13-14-20/h7-10,22H,2-6,11-16,21H2,1H3. The lowest BCUT2D eigenvalue weighted by molar-refractivity contribution is 0.183. The highest BCUT2D eigenvalue weighted by Gasteiger charge is 2.22. The van der Waals surface area contributed by atoms with Crippen LogP contribution in [0.3, 0.4) is 0 Å². The summed E-state index contributed by atoms with van der Waals surface area (Å²) < 4.78 is 5.76. The van der Waals surface area contributed by atoms with Gasteiger partial charge in [0.05, 0.1) is 13.2 Å². The summed E-state index contributed by atoms with van der Waals surface area (Å²) in [6.45, 7) is 2.98. The molecule has 0 fully saturated rings. The van der Waals surface area contributed by atoms with Crippen LogP contribution < -0.4 is 10.5 Å². The van der Waals surface area contributed by atoms with Crippen LogP contribution in [0, 0.1) is 0 Å². The Hall–Kier alpha value is -0.770. The van der Waals surface area contributed by atoms with Gasteiger partial charge in [0.25, 0.3) is 0 Å². The Morgan fingerprint density at radius 1 is 1.09 bits per heavy atom. The van der Waals surface area contributed by atoms with Crippen molar-refractivity contribution in [1.82, 2.24) is 0 Å². The molecule has 0 radical (unpaired) electrons. The summed E-state index contributed by atoms with van der Waals surface area (Å²) in [6.07, 6.45) is 8.44. The highest BCUT2D eigenvalue weighted by molar-refractivity contribution is 6.17. The van der Waals surface area contributed by atoms with Gasteiger partial charge in [-0.2, -0.15) is 0 Å². The SMILES string of the molecule is CCCCCCCOc1ccc(CCC(N)(CO)CCCl)cc1. The van der Waals surface area contributed by atoms with Crippen molar-refractivity contribution in [3.8, 4) is 5.75 Å². The lowest BCUT2D eigenvalue weighted by atomic mass is 9.90. The van der Waals surface area contributed by atoms with E-state index in [-0.39, 0.29) is 6.61 Å². The quantitative estimate of drug-likeness (QED) is 0.415. The molecule has 0 heterocycles. The molecule has 1 unspecified atom stereocenters. The van der Waals surface area contributed by atoms with E-state index in [9.17, 15) is 5.11 Å². The topological polar surface area (TPSA) is 55.5 Å². The summed E-state index contributed by atoms with van der Waals surface area (Å²) in [5, 5.41) is 9.41. The zero-order valence-corrected chi connectivity index (χ0v) is 15.2. The number of nitrogens with two attached hydrogens (primary N) is 1. The monoisotopic (exact) mass is 341 g/mol. The number of halogens is 1. The van der Waals surface area contributed by atoms with Crippen molar-refractivity contribution < 1.29 is 9.84 Å². The third-order valence-corrected chi connectivity index (χ3v) is 4.45. The first-order chi connectivity index (χ1) is 11.1. The molecule has 23 heavy (non-hydrogen) atoms. The smallest absolute Gasteiger partial charge is 0.119 e. The number of aliphatic hydroxyl groups excluding tert-OH is 1. The molecular formula is C19H32ClNO2. The largest absolute Gasteiger partial charge is 0.494 e. The van der Waals surface area contributed by atoms with Crippen LogP contribution in [0.5, 0.6) is 5.75 Å². The van der Waals surface area contributed by atoms with E-state index in [1.165, 1.54) is 31.2 Å². The minimum Gasteiger partial charge on any atom is -0.494 e. The van der Waals surface area contributed by atoms with Crippen LogP contribution in [-0.2, 0) is 6.42 Å². The van der Waals surface area contributed by atoms with Gasteiger partial charge in [-0.25, -0.2) is 0 Å². The molecule has 0 aliphatic rings. The average molecular weight is 342 g/mol. The molecule has 1 rings (SSSR count). The first-order valence-corrected chi connectivity index (χ1v) is 9.34. The lowest BCUT2D eigenvalue weighted by Gasteiger charge is -2.26. The van der Waals surface area contributed by atoms with Gasteiger partial charge in [0, 0.05) is 11.4 Å². The number of rotatable bonds is 13. The summed E-state index contributed by atoms with van der Waals surface area (Å²) in [5.74, 6) is 1.40. The predicted octanol–water partition coefficient (Wildman–Crippen LogP) is 4.29. The Bertz CT molecular complexity index is 410. The number of aryl methyl sites for hydroxylation is 1. The first-order valence-electron chi connectivity index (χ1n) is 8.81. The Morgan fingerprint density at radius 3 is 2.39 bits per heavy atom. The van der Waals surface area contributed by atoms with Crippen molar-refractivity contribution in [3.63, 3.8) is 0 Å². The van der Waals surface area contributed by atoms with Gasteiger partial charge in [-0.15, -0.1) is 11.6 Å². The second-order valence-electron chi connectivity index (χ2n) is 6.37. The van der Waals surface area contributed by atoms with E-state index >= 15 is 0 Å². The maximum Gasteiger partial charge on any atom is 0.119 e. The van der Waals surface area contributed by atoms with E-state index < -0.39 is 5.54 Å². The van der Waals surface area contributed by atoms with Gasteiger partial charge in [-0.3, -0.25) is 0 Å². The van der Waals surface area contributed by atoms with E-state index in [1.54, 1.807) is 0 Å². The number of unbranched alkanes of at least 4 members (excludes halogenated alkanes) is 4. The number of hydrogen-bond acceptors (Lipinski definition) is 3. The van der Waals surface area contributed by atoms with Crippen LogP contribution in [0.15, 0.2) is 24.3 Å². The van der Waals surface area contributed by atoms with Gasteiger partial charge >= 0.3 is 0 Å². The maximum atomic E-state index is 9.41. The van der Waals surface area contributed by atoms with Gasteiger partial charge in [0.15, 0.2) is 0 Å². The molecule has 0 saturated carbocycles. The summed E-state index contributed by atoms with van der Waals surface area (Å²) >= 11 is 5.75. The Balaban J connectivity index is 2.30. The number of ether oxygens (including phenoxy) is 1. The molecule has 0 spiro atoms. The molecule has 0 bridgehead atoms. The van der Waals surface area contributed by atoms with E-state index in [0.717, 1.165) is 31.6 Å². The van der Waals surface area contributed by atoms with Gasteiger partial charge in [-0.1, -0.05) is 44.7 Å². The number of aliphatic hydroxyl groups is 1. The molecule has 1 aromatic carbocycles. The molecular weight excluding hydrogens is 310 g/mol. The van der Waals surface area contributed by atoms with Gasteiger partial charge in [0.2, 0.25) is 0 Å². The van der Waals surface area contributed by atoms with Crippen molar-refractivity contribution >= 4 is 11.6 Å². The third kappa shape index (κ3) is 8.59. The summed E-state index contributed by atoms with van der Waals surface area (Å²) in [7, 11) is 0. The van der Waals surface area contributed by atoms with Crippen molar-refractivity contribution in [2.45, 2.75) is 63.8 Å². The van der Waals surface area contributed by atoms with Gasteiger partial charge in [-0.05, 0) is 43.4 Å². The Morgan fingerprint density at radius 2 is 1.78 bits per heavy atom. The highest BCUT2D eigenvalue weighted by atomic mass is 35.5.